The van der Waals surface area contributed by atoms with E-state index in [1.807, 2.05) is 18.2 Å². The molecule has 25 heavy (non-hydrogen) atoms. The van der Waals surface area contributed by atoms with Gasteiger partial charge in [0.2, 0.25) is 11.9 Å². The molecule has 0 aliphatic rings. The minimum atomic E-state index is -0.498. The van der Waals surface area contributed by atoms with E-state index in [9.17, 15) is 14.9 Å². The molecule has 1 N–H and O–H groups in total. The molecule has 0 atom stereocenters. The maximum Gasteiger partial charge on any atom is 0.269 e. The second-order valence-electron chi connectivity index (χ2n) is 5.24. The number of hydrogen-bond donors (Lipinski definition) is 1. The number of nitrogens with zero attached hydrogens (tertiary/aromatic N) is 5. The van der Waals surface area contributed by atoms with Crippen LogP contribution in [0.5, 0.6) is 0 Å². The van der Waals surface area contributed by atoms with Gasteiger partial charge in [-0.3, -0.25) is 25.2 Å². The minimum Gasteiger partial charge on any atom is -0.293 e. The maximum atomic E-state index is 12.0. The second kappa shape index (κ2) is 7.30. The lowest BCUT2D eigenvalue weighted by Gasteiger charge is -2.02. The number of anilines is 1. The highest BCUT2D eigenvalue weighted by molar-refractivity contribution is 5.90. The van der Waals surface area contributed by atoms with Gasteiger partial charge in [-0.15, -0.1) is 5.10 Å². The highest BCUT2D eigenvalue weighted by Crippen LogP contribution is 2.14. The Hall–Kier alpha value is -3.62. The van der Waals surface area contributed by atoms with Crippen LogP contribution in [-0.2, 0) is 17.8 Å². The van der Waals surface area contributed by atoms with E-state index in [2.05, 4.69) is 20.4 Å². The molecular formula is C16H14N6O3. The Morgan fingerprint density at radius 2 is 2.08 bits per heavy atom. The van der Waals surface area contributed by atoms with Crippen LogP contribution in [0.2, 0.25) is 0 Å². The lowest BCUT2D eigenvalue weighted by atomic mass is 10.1. The number of pyridine rings is 1. The van der Waals surface area contributed by atoms with Crippen LogP contribution in [0.3, 0.4) is 0 Å². The number of amides is 1. The molecule has 0 saturated heterocycles. The predicted molar refractivity (Wildman–Crippen MR) is 88.8 cm³/mol. The quantitative estimate of drug-likeness (QED) is 0.541. The van der Waals surface area contributed by atoms with Crippen LogP contribution in [-0.4, -0.2) is 30.6 Å². The fraction of sp³-hybridized carbons (Fsp3) is 0.125. The van der Waals surface area contributed by atoms with Crippen molar-refractivity contribution in [2.75, 3.05) is 5.32 Å². The van der Waals surface area contributed by atoms with E-state index in [0.29, 0.717) is 12.1 Å². The van der Waals surface area contributed by atoms with Gasteiger partial charge in [-0.1, -0.05) is 18.2 Å². The molecule has 0 bridgehead atoms. The van der Waals surface area contributed by atoms with Crippen molar-refractivity contribution in [2.24, 2.45) is 0 Å². The highest BCUT2D eigenvalue weighted by atomic mass is 16.6. The van der Waals surface area contributed by atoms with Crippen molar-refractivity contribution < 1.29 is 9.72 Å². The van der Waals surface area contributed by atoms with Crippen LogP contribution in [0.25, 0.3) is 0 Å². The Balaban J connectivity index is 1.60. The number of aromatic nitrogens is 4. The van der Waals surface area contributed by atoms with Gasteiger partial charge in [-0.05, 0) is 17.7 Å². The molecule has 9 heteroatoms. The number of hydrogen-bond acceptors (Lipinski definition) is 6. The molecule has 1 amide bonds. The molecule has 126 valence electrons. The fourth-order valence-corrected chi connectivity index (χ4v) is 2.22. The number of carbonyl (C=O) groups is 1. The summed E-state index contributed by atoms with van der Waals surface area (Å²) in [5, 5.41) is 17.5. The van der Waals surface area contributed by atoms with Crippen molar-refractivity contribution in [3.05, 3.63) is 76.4 Å². The number of nitro groups is 1. The van der Waals surface area contributed by atoms with Crippen LogP contribution >= 0.6 is 0 Å². The molecular weight excluding hydrogens is 324 g/mol. The molecule has 0 radical (unpaired) electrons. The van der Waals surface area contributed by atoms with Crippen molar-refractivity contribution in [1.82, 2.24) is 19.7 Å². The lowest BCUT2D eigenvalue weighted by molar-refractivity contribution is -0.384. The van der Waals surface area contributed by atoms with Crippen LogP contribution in [0.1, 0.15) is 11.3 Å². The first kappa shape index (κ1) is 16.2. The number of non-ortho nitro benzene ring substituents is 1. The number of carbonyl (C=O) groups excluding carboxylic acids is 1. The average molecular weight is 338 g/mol. The van der Waals surface area contributed by atoms with Gasteiger partial charge in [0.15, 0.2) is 0 Å². The van der Waals surface area contributed by atoms with Crippen molar-refractivity contribution in [1.29, 1.82) is 0 Å². The topological polar surface area (TPSA) is 116 Å². The normalized spacial score (nSPS) is 10.4. The van der Waals surface area contributed by atoms with Gasteiger partial charge in [0.05, 0.1) is 23.6 Å². The zero-order valence-corrected chi connectivity index (χ0v) is 13.1. The lowest BCUT2D eigenvalue weighted by Crippen LogP contribution is -2.16. The third-order valence-electron chi connectivity index (χ3n) is 3.32. The average Bonchev–Trinajstić information content (AvgIpc) is 3.02. The van der Waals surface area contributed by atoms with Gasteiger partial charge >= 0.3 is 0 Å². The van der Waals surface area contributed by atoms with Gasteiger partial charge in [0.1, 0.15) is 6.33 Å². The van der Waals surface area contributed by atoms with Gasteiger partial charge in [0.25, 0.3) is 5.69 Å². The van der Waals surface area contributed by atoms with E-state index in [-0.39, 0.29) is 24.0 Å². The SMILES string of the molecule is O=C(Cc1cccc([N+](=O)[O-])c1)Nc1ncn(Cc2ccccn2)n1. The largest absolute Gasteiger partial charge is 0.293 e. The fourth-order valence-electron chi connectivity index (χ4n) is 2.22. The first-order chi connectivity index (χ1) is 12.1. The zero-order valence-electron chi connectivity index (χ0n) is 13.1. The summed E-state index contributed by atoms with van der Waals surface area (Å²) < 4.78 is 1.56. The molecule has 0 saturated carbocycles. The van der Waals surface area contributed by atoms with Crippen LogP contribution in [0.15, 0.2) is 55.0 Å². The summed E-state index contributed by atoms with van der Waals surface area (Å²) >= 11 is 0. The van der Waals surface area contributed by atoms with E-state index in [0.717, 1.165) is 5.69 Å². The molecule has 0 spiro atoms. The Labute approximate surface area is 142 Å². The van der Waals surface area contributed by atoms with Gasteiger partial charge in [0, 0.05) is 18.3 Å². The zero-order chi connectivity index (χ0) is 17.6. The molecule has 3 aromatic rings. The van der Waals surface area contributed by atoms with Gasteiger partial charge < -0.3 is 0 Å². The van der Waals surface area contributed by atoms with Crippen molar-refractivity contribution >= 4 is 17.5 Å². The van der Waals surface area contributed by atoms with Crippen molar-refractivity contribution in [2.45, 2.75) is 13.0 Å². The molecule has 2 aromatic heterocycles. The summed E-state index contributed by atoms with van der Waals surface area (Å²) in [5.41, 5.74) is 1.31. The Kier molecular flexibility index (Phi) is 4.74. The summed E-state index contributed by atoms with van der Waals surface area (Å²) in [6.45, 7) is 0.439. The smallest absolute Gasteiger partial charge is 0.269 e. The summed E-state index contributed by atoms with van der Waals surface area (Å²) in [7, 11) is 0. The predicted octanol–water partition coefficient (Wildman–Crippen LogP) is 1.81. The van der Waals surface area contributed by atoms with Crippen molar-refractivity contribution in [3.8, 4) is 0 Å². The van der Waals surface area contributed by atoms with E-state index >= 15 is 0 Å². The Morgan fingerprint density at radius 3 is 2.84 bits per heavy atom. The van der Waals surface area contributed by atoms with Gasteiger partial charge in [-0.2, -0.15) is 0 Å². The number of rotatable bonds is 6. The monoisotopic (exact) mass is 338 g/mol. The van der Waals surface area contributed by atoms with Crippen molar-refractivity contribution in [3.63, 3.8) is 0 Å². The van der Waals surface area contributed by atoms with E-state index in [1.54, 1.807) is 23.0 Å². The number of benzene rings is 1. The van der Waals surface area contributed by atoms with E-state index < -0.39 is 4.92 Å². The summed E-state index contributed by atoms with van der Waals surface area (Å²) in [6, 6.07) is 11.5. The third-order valence-corrected chi connectivity index (χ3v) is 3.32. The number of nitro benzene ring substituents is 1. The molecule has 9 nitrogen and oxygen atoms in total. The van der Waals surface area contributed by atoms with Crippen LogP contribution in [0.4, 0.5) is 11.6 Å². The molecule has 3 rings (SSSR count). The van der Waals surface area contributed by atoms with E-state index in [4.69, 9.17) is 0 Å². The first-order valence-corrected chi connectivity index (χ1v) is 7.43. The summed E-state index contributed by atoms with van der Waals surface area (Å²) in [6.07, 6.45) is 3.18. The molecule has 0 fully saturated rings. The van der Waals surface area contributed by atoms with Crippen LogP contribution in [0, 0.1) is 10.1 Å². The highest BCUT2D eigenvalue weighted by Gasteiger charge is 2.11. The molecule has 0 aliphatic heterocycles. The second-order valence-corrected chi connectivity index (χ2v) is 5.24. The molecule has 2 heterocycles. The first-order valence-electron chi connectivity index (χ1n) is 7.43. The third kappa shape index (κ3) is 4.44. The molecule has 0 aliphatic carbocycles. The standard InChI is InChI=1S/C16H14N6O3/c23-15(9-12-4-3-6-14(8-12)22(24)25)19-16-18-11-21(20-16)10-13-5-1-2-7-17-13/h1-8,11H,9-10H2,(H,19,20,23). The van der Waals surface area contributed by atoms with Crippen LogP contribution < -0.4 is 5.32 Å². The van der Waals surface area contributed by atoms with Gasteiger partial charge in [-0.25, -0.2) is 9.67 Å². The Morgan fingerprint density at radius 1 is 1.20 bits per heavy atom. The molecule has 0 unspecified atom stereocenters. The number of nitrogens with one attached hydrogen (secondary N) is 1. The summed E-state index contributed by atoms with van der Waals surface area (Å²) in [4.78, 5) is 30.5. The summed E-state index contributed by atoms with van der Waals surface area (Å²) in [5.74, 6) is -0.178. The maximum absolute atomic E-state index is 12.0. The Bertz CT molecular complexity index is 894. The minimum absolute atomic E-state index is 0.00351. The molecule has 1 aromatic carbocycles. The van der Waals surface area contributed by atoms with E-state index in [1.165, 1.54) is 18.5 Å².